The van der Waals surface area contributed by atoms with Crippen LogP contribution in [0.5, 0.6) is 5.75 Å². The van der Waals surface area contributed by atoms with Gasteiger partial charge in [0.05, 0.1) is 26.7 Å². The Hall–Kier alpha value is -4.62. The quantitative estimate of drug-likeness (QED) is 0.264. The number of hydrogen-bond acceptors (Lipinski definition) is 5. The van der Waals surface area contributed by atoms with Gasteiger partial charge in [0.1, 0.15) is 11.8 Å². The average molecular weight is 564 g/mol. The van der Waals surface area contributed by atoms with E-state index < -0.39 is 6.04 Å². The summed E-state index contributed by atoms with van der Waals surface area (Å²) in [4.78, 5) is 32.1. The molecule has 7 nitrogen and oxygen atoms in total. The van der Waals surface area contributed by atoms with Crippen molar-refractivity contribution in [1.29, 1.82) is 0 Å². The zero-order valence-corrected chi connectivity index (χ0v) is 24.2. The Labute approximate surface area is 247 Å². The average Bonchev–Trinajstić information content (AvgIpc) is 3.03. The lowest BCUT2D eigenvalue weighted by Crippen LogP contribution is -2.41. The summed E-state index contributed by atoms with van der Waals surface area (Å²) in [7, 11) is 1.60. The number of aryl methyl sites for hydroxylation is 1. The zero-order valence-electron chi connectivity index (χ0n) is 24.2. The minimum Gasteiger partial charge on any atom is -0.497 e. The molecule has 216 valence electrons. The van der Waals surface area contributed by atoms with Gasteiger partial charge in [0, 0.05) is 31.0 Å². The molecule has 42 heavy (non-hydrogen) atoms. The molecule has 4 aromatic carbocycles. The zero-order chi connectivity index (χ0) is 29.3. The van der Waals surface area contributed by atoms with E-state index in [0.717, 1.165) is 35.5 Å². The number of nitrogens with one attached hydrogen (secondary N) is 1. The summed E-state index contributed by atoms with van der Waals surface area (Å²) < 4.78 is 10.8. The summed E-state index contributed by atoms with van der Waals surface area (Å²) in [5.41, 5.74) is 5.42. The highest BCUT2D eigenvalue weighted by molar-refractivity contribution is 5.98. The van der Waals surface area contributed by atoms with Crippen molar-refractivity contribution in [3.8, 4) is 5.75 Å². The van der Waals surface area contributed by atoms with Gasteiger partial charge in [-0.25, -0.2) is 0 Å². The van der Waals surface area contributed by atoms with Crippen molar-refractivity contribution in [2.24, 2.45) is 0 Å². The molecule has 0 saturated carbocycles. The first-order chi connectivity index (χ1) is 20.5. The molecule has 7 heteroatoms. The molecule has 1 atom stereocenters. The highest BCUT2D eigenvalue weighted by atomic mass is 16.5. The summed E-state index contributed by atoms with van der Waals surface area (Å²) in [6.07, 6.45) is 0.181. The first-order valence-electron chi connectivity index (χ1n) is 14.3. The summed E-state index contributed by atoms with van der Waals surface area (Å²) >= 11 is 0. The van der Waals surface area contributed by atoms with Gasteiger partial charge >= 0.3 is 0 Å². The molecule has 0 radical (unpaired) electrons. The molecule has 5 rings (SSSR count). The van der Waals surface area contributed by atoms with E-state index in [4.69, 9.17) is 9.47 Å². The fraction of sp³-hybridized carbons (Fsp3) is 0.257. The van der Waals surface area contributed by atoms with Crippen LogP contribution in [0.2, 0.25) is 0 Å². The van der Waals surface area contributed by atoms with Gasteiger partial charge in [0.2, 0.25) is 5.91 Å². The van der Waals surface area contributed by atoms with Crippen molar-refractivity contribution in [3.63, 3.8) is 0 Å². The second-order valence-electron chi connectivity index (χ2n) is 10.5. The van der Waals surface area contributed by atoms with Crippen LogP contribution in [0.1, 0.15) is 28.3 Å². The second-order valence-corrected chi connectivity index (χ2v) is 10.5. The topological polar surface area (TPSA) is 71.1 Å². The van der Waals surface area contributed by atoms with Gasteiger partial charge in [-0.3, -0.25) is 9.59 Å². The summed E-state index contributed by atoms with van der Waals surface area (Å²) in [6.45, 7) is 5.39. The van der Waals surface area contributed by atoms with Crippen LogP contribution in [0.3, 0.4) is 0 Å². The normalized spacial score (nSPS) is 13.7. The van der Waals surface area contributed by atoms with Gasteiger partial charge in [0.15, 0.2) is 0 Å². The number of carbonyl (C=O) groups is 2. The fourth-order valence-corrected chi connectivity index (χ4v) is 5.13. The molecule has 0 unspecified atom stereocenters. The molecule has 0 aliphatic carbocycles. The molecule has 0 aromatic heterocycles. The van der Waals surface area contributed by atoms with Gasteiger partial charge in [-0.15, -0.1) is 0 Å². The van der Waals surface area contributed by atoms with E-state index in [-0.39, 0.29) is 24.8 Å². The van der Waals surface area contributed by atoms with Gasteiger partial charge in [-0.05, 0) is 60.0 Å². The molecule has 1 N–H and O–H groups in total. The summed E-state index contributed by atoms with van der Waals surface area (Å²) in [5, 5.41) is 3.09. The molecule has 1 heterocycles. The van der Waals surface area contributed by atoms with E-state index in [1.807, 2.05) is 110 Å². The molecule has 4 aromatic rings. The lowest BCUT2D eigenvalue weighted by molar-refractivity contribution is -0.139. The van der Waals surface area contributed by atoms with E-state index in [1.165, 1.54) is 0 Å². The number of anilines is 2. The molecular weight excluding hydrogens is 526 g/mol. The van der Waals surface area contributed by atoms with E-state index in [9.17, 15) is 9.59 Å². The third-order valence-electron chi connectivity index (χ3n) is 7.49. The van der Waals surface area contributed by atoms with Crippen LogP contribution in [-0.4, -0.2) is 50.1 Å². The number of amides is 2. The summed E-state index contributed by atoms with van der Waals surface area (Å²) in [6, 6.07) is 32.0. The molecule has 1 saturated heterocycles. The number of ether oxygens (including phenoxy) is 2. The van der Waals surface area contributed by atoms with Crippen molar-refractivity contribution < 1.29 is 19.1 Å². The van der Waals surface area contributed by atoms with Crippen LogP contribution >= 0.6 is 0 Å². The maximum Gasteiger partial charge on any atom is 0.251 e. The second kappa shape index (κ2) is 13.8. The number of nitrogens with zero attached hydrogens (tertiary/aromatic N) is 2. The third kappa shape index (κ3) is 7.36. The van der Waals surface area contributed by atoms with Crippen molar-refractivity contribution in [1.82, 2.24) is 4.90 Å². The Morgan fingerprint density at radius 2 is 1.52 bits per heavy atom. The monoisotopic (exact) mass is 563 g/mol. The molecule has 1 aliphatic heterocycles. The van der Waals surface area contributed by atoms with Crippen molar-refractivity contribution in [2.75, 3.05) is 43.6 Å². The van der Waals surface area contributed by atoms with E-state index in [2.05, 4.69) is 10.2 Å². The third-order valence-corrected chi connectivity index (χ3v) is 7.49. The molecule has 0 spiro atoms. The van der Waals surface area contributed by atoms with Gasteiger partial charge < -0.3 is 24.6 Å². The highest BCUT2D eigenvalue weighted by Crippen LogP contribution is 2.29. The van der Waals surface area contributed by atoms with Crippen molar-refractivity contribution in [3.05, 3.63) is 125 Å². The molecule has 1 fully saturated rings. The number of rotatable bonds is 10. The predicted octanol–water partition coefficient (Wildman–Crippen LogP) is 5.79. The predicted molar refractivity (Wildman–Crippen MR) is 166 cm³/mol. The number of benzene rings is 4. The van der Waals surface area contributed by atoms with Crippen LogP contribution in [0.15, 0.2) is 103 Å². The number of carbonyl (C=O) groups excluding carboxylic acids is 2. The highest BCUT2D eigenvalue weighted by Gasteiger charge is 2.32. The Balaban J connectivity index is 1.46. The number of morpholine rings is 1. The van der Waals surface area contributed by atoms with Gasteiger partial charge in [0.25, 0.3) is 5.91 Å². The lowest BCUT2D eigenvalue weighted by Gasteiger charge is -2.32. The lowest BCUT2D eigenvalue weighted by atomic mass is 10.0. The molecular formula is C35H37N3O4. The molecule has 1 aliphatic rings. The smallest absolute Gasteiger partial charge is 0.251 e. The number of hydrogen-bond donors (Lipinski definition) is 1. The largest absolute Gasteiger partial charge is 0.497 e. The maximum absolute atomic E-state index is 14.1. The van der Waals surface area contributed by atoms with E-state index in [0.29, 0.717) is 30.2 Å². The van der Waals surface area contributed by atoms with Crippen LogP contribution in [-0.2, 0) is 27.3 Å². The van der Waals surface area contributed by atoms with Crippen LogP contribution in [0, 0.1) is 6.92 Å². The Kier molecular flexibility index (Phi) is 9.51. The Morgan fingerprint density at radius 1 is 0.857 bits per heavy atom. The van der Waals surface area contributed by atoms with Crippen molar-refractivity contribution in [2.45, 2.75) is 25.9 Å². The van der Waals surface area contributed by atoms with E-state index >= 15 is 0 Å². The van der Waals surface area contributed by atoms with Crippen LogP contribution < -0.4 is 15.0 Å². The van der Waals surface area contributed by atoms with E-state index in [1.54, 1.807) is 12.0 Å². The first kappa shape index (κ1) is 28.9. The maximum atomic E-state index is 14.1. The number of methoxy groups -OCH3 is 1. The van der Waals surface area contributed by atoms with Crippen LogP contribution in [0.4, 0.5) is 11.4 Å². The standard InChI is InChI=1S/C35H37N3O4/c1-26-8-10-28(11-9-26)25-38(33(39)24-27-6-4-3-5-7-27)34(29-12-18-32(41-2)19-13-29)35(40)36-30-14-16-31(17-15-30)37-20-22-42-23-21-37/h3-19,34H,20-25H2,1-2H3,(H,36,40)/t34-/m0/s1. The minimum absolute atomic E-state index is 0.139. The molecule has 0 bridgehead atoms. The first-order valence-corrected chi connectivity index (χ1v) is 14.3. The SMILES string of the molecule is COc1ccc([C@@H](C(=O)Nc2ccc(N3CCOCC3)cc2)N(Cc2ccc(C)cc2)C(=O)Cc2ccccc2)cc1. The summed E-state index contributed by atoms with van der Waals surface area (Å²) in [5.74, 6) is 0.255. The van der Waals surface area contributed by atoms with Crippen molar-refractivity contribution >= 4 is 23.2 Å². The Morgan fingerprint density at radius 3 is 2.17 bits per heavy atom. The Bertz CT molecular complexity index is 1450. The fourth-order valence-electron chi connectivity index (χ4n) is 5.13. The van der Waals surface area contributed by atoms with Gasteiger partial charge in [-0.1, -0.05) is 72.3 Å². The van der Waals surface area contributed by atoms with Gasteiger partial charge in [-0.2, -0.15) is 0 Å². The minimum atomic E-state index is -0.868. The molecule has 2 amide bonds. The van der Waals surface area contributed by atoms with Crippen LogP contribution in [0.25, 0.3) is 0 Å².